The molecular weight excluding hydrogens is 388 g/mol. The van der Waals surface area contributed by atoms with Crippen LogP contribution in [0.15, 0.2) is 24.3 Å². The van der Waals surface area contributed by atoms with Gasteiger partial charge in [-0.05, 0) is 69.4 Å². The van der Waals surface area contributed by atoms with Gasteiger partial charge in [0, 0.05) is 48.9 Å². The summed E-state index contributed by atoms with van der Waals surface area (Å²) in [6.07, 6.45) is 3.25. The first-order valence-corrected chi connectivity index (χ1v) is 10.5. The molecule has 1 N–H and O–H groups in total. The lowest BCUT2D eigenvalue weighted by Gasteiger charge is -2.33. The standard InChI is InChI=1S/C22H29ClN4O2/c1-15-20(16(2)25-24-15)5-4-12-26(3)21(28)18-10-13-27(14-11-18)22(29)17-6-8-19(23)9-7-17/h6-9,18H,4-5,10-14H2,1-3H3,(H,24,25). The molecule has 6 nitrogen and oxygen atoms in total. The van der Waals surface area contributed by atoms with Crippen LogP contribution in [0.4, 0.5) is 0 Å². The summed E-state index contributed by atoms with van der Waals surface area (Å²) in [6, 6.07) is 6.96. The number of aromatic nitrogens is 2. The van der Waals surface area contributed by atoms with E-state index in [1.54, 1.807) is 24.3 Å². The summed E-state index contributed by atoms with van der Waals surface area (Å²) < 4.78 is 0. The predicted molar refractivity (Wildman–Crippen MR) is 114 cm³/mol. The number of aromatic amines is 1. The molecule has 1 aromatic heterocycles. The highest BCUT2D eigenvalue weighted by Crippen LogP contribution is 2.22. The Labute approximate surface area is 177 Å². The maximum atomic E-state index is 12.8. The van der Waals surface area contributed by atoms with Crippen LogP contribution in [0.25, 0.3) is 0 Å². The number of nitrogens with zero attached hydrogens (tertiary/aromatic N) is 3. The van der Waals surface area contributed by atoms with E-state index in [4.69, 9.17) is 11.6 Å². The van der Waals surface area contributed by atoms with Gasteiger partial charge >= 0.3 is 0 Å². The highest BCUT2D eigenvalue weighted by atomic mass is 35.5. The van der Waals surface area contributed by atoms with Crippen molar-refractivity contribution in [3.8, 4) is 0 Å². The number of carbonyl (C=O) groups is 2. The lowest BCUT2D eigenvalue weighted by Crippen LogP contribution is -2.43. The second-order valence-electron chi connectivity index (χ2n) is 7.85. The van der Waals surface area contributed by atoms with Gasteiger partial charge < -0.3 is 9.80 Å². The van der Waals surface area contributed by atoms with Crippen LogP contribution in [0.5, 0.6) is 0 Å². The van der Waals surface area contributed by atoms with Crippen LogP contribution < -0.4 is 0 Å². The summed E-state index contributed by atoms with van der Waals surface area (Å²) in [4.78, 5) is 29.1. The summed E-state index contributed by atoms with van der Waals surface area (Å²) in [5.74, 6) is 0.183. The molecule has 0 saturated carbocycles. The number of rotatable bonds is 6. The molecule has 0 bridgehead atoms. The van der Waals surface area contributed by atoms with E-state index in [2.05, 4.69) is 10.2 Å². The first-order valence-electron chi connectivity index (χ1n) is 10.2. The van der Waals surface area contributed by atoms with Gasteiger partial charge in [0.05, 0.1) is 5.69 Å². The Morgan fingerprint density at radius 2 is 1.86 bits per heavy atom. The quantitative estimate of drug-likeness (QED) is 0.781. The van der Waals surface area contributed by atoms with Gasteiger partial charge in [0.25, 0.3) is 5.91 Å². The molecule has 0 radical (unpaired) electrons. The minimum Gasteiger partial charge on any atom is -0.346 e. The van der Waals surface area contributed by atoms with Crippen LogP contribution in [-0.4, -0.2) is 58.5 Å². The molecule has 156 valence electrons. The van der Waals surface area contributed by atoms with Crippen molar-refractivity contribution in [2.24, 2.45) is 5.92 Å². The van der Waals surface area contributed by atoms with Gasteiger partial charge in [0.2, 0.25) is 5.91 Å². The molecular formula is C22H29ClN4O2. The molecule has 1 aliphatic rings. The van der Waals surface area contributed by atoms with Crippen LogP contribution in [0, 0.1) is 19.8 Å². The van der Waals surface area contributed by atoms with Crippen molar-refractivity contribution in [1.29, 1.82) is 0 Å². The Morgan fingerprint density at radius 3 is 2.45 bits per heavy atom. The van der Waals surface area contributed by atoms with E-state index in [0.29, 0.717) is 36.5 Å². The van der Waals surface area contributed by atoms with Crippen LogP contribution in [0.3, 0.4) is 0 Å². The van der Waals surface area contributed by atoms with E-state index in [-0.39, 0.29) is 17.7 Å². The zero-order chi connectivity index (χ0) is 21.0. The Morgan fingerprint density at radius 1 is 1.21 bits per heavy atom. The smallest absolute Gasteiger partial charge is 0.253 e. The molecule has 2 aromatic rings. The number of nitrogens with one attached hydrogen (secondary N) is 1. The number of hydrogen-bond acceptors (Lipinski definition) is 3. The van der Waals surface area contributed by atoms with Crippen LogP contribution in [0.1, 0.15) is 46.6 Å². The molecule has 1 aliphatic heterocycles. The molecule has 3 rings (SSSR count). The molecule has 0 aliphatic carbocycles. The van der Waals surface area contributed by atoms with Gasteiger partial charge in [-0.25, -0.2) is 0 Å². The molecule has 29 heavy (non-hydrogen) atoms. The van der Waals surface area contributed by atoms with Gasteiger partial charge in [0.15, 0.2) is 0 Å². The Bertz CT molecular complexity index is 835. The predicted octanol–water partition coefficient (Wildman–Crippen LogP) is 3.62. The van der Waals surface area contributed by atoms with Gasteiger partial charge in [0.1, 0.15) is 0 Å². The molecule has 1 saturated heterocycles. The summed E-state index contributed by atoms with van der Waals surface area (Å²) in [6.45, 7) is 5.99. The number of H-pyrrole nitrogens is 1. The van der Waals surface area contributed by atoms with Crippen LogP contribution in [-0.2, 0) is 11.2 Å². The second-order valence-corrected chi connectivity index (χ2v) is 8.29. The van der Waals surface area contributed by atoms with Crippen molar-refractivity contribution in [2.45, 2.75) is 39.5 Å². The molecule has 2 heterocycles. The number of benzene rings is 1. The van der Waals surface area contributed by atoms with Crippen molar-refractivity contribution in [3.05, 3.63) is 51.8 Å². The van der Waals surface area contributed by atoms with Crippen molar-refractivity contribution in [2.75, 3.05) is 26.7 Å². The summed E-state index contributed by atoms with van der Waals surface area (Å²) >= 11 is 5.89. The fourth-order valence-electron chi connectivity index (χ4n) is 3.96. The lowest BCUT2D eigenvalue weighted by atomic mass is 9.94. The van der Waals surface area contributed by atoms with Gasteiger partial charge in [-0.15, -0.1) is 0 Å². The maximum Gasteiger partial charge on any atom is 0.253 e. The molecule has 2 amide bonds. The van der Waals surface area contributed by atoms with Crippen molar-refractivity contribution >= 4 is 23.4 Å². The summed E-state index contributed by atoms with van der Waals surface area (Å²) in [5, 5.41) is 7.85. The third-order valence-electron chi connectivity index (χ3n) is 5.80. The number of piperidine rings is 1. The van der Waals surface area contributed by atoms with Gasteiger partial charge in [-0.1, -0.05) is 11.6 Å². The number of hydrogen-bond donors (Lipinski definition) is 1. The maximum absolute atomic E-state index is 12.8. The Hall–Kier alpha value is -2.34. The Balaban J connectivity index is 1.45. The van der Waals surface area contributed by atoms with E-state index in [0.717, 1.165) is 30.8 Å². The summed E-state index contributed by atoms with van der Waals surface area (Å²) in [5.41, 5.74) is 4.03. The molecule has 0 unspecified atom stereocenters. The first-order chi connectivity index (χ1) is 13.9. The zero-order valence-electron chi connectivity index (χ0n) is 17.4. The number of amides is 2. The average Bonchev–Trinajstić information content (AvgIpc) is 3.05. The van der Waals surface area contributed by atoms with E-state index in [1.807, 2.05) is 30.7 Å². The van der Waals surface area contributed by atoms with Gasteiger partial charge in [-0.2, -0.15) is 5.10 Å². The second kappa shape index (κ2) is 9.44. The molecule has 7 heteroatoms. The minimum absolute atomic E-state index is 0.00627. The van der Waals surface area contributed by atoms with Crippen LogP contribution in [0.2, 0.25) is 5.02 Å². The largest absolute Gasteiger partial charge is 0.346 e. The Kier molecular flexibility index (Phi) is 6.96. The topological polar surface area (TPSA) is 69.3 Å². The number of carbonyl (C=O) groups excluding carboxylic acids is 2. The SMILES string of the molecule is Cc1n[nH]c(C)c1CCCN(C)C(=O)C1CCN(C(=O)c2ccc(Cl)cc2)CC1. The van der Waals surface area contributed by atoms with Crippen molar-refractivity contribution in [3.63, 3.8) is 0 Å². The normalized spacial score (nSPS) is 14.8. The number of halogens is 1. The third-order valence-corrected chi connectivity index (χ3v) is 6.05. The molecule has 0 spiro atoms. The number of likely N-dealkylation sites (tertiary alicyclic amines) is 1. The van der Waals surface area contributed by atoms with E-state index < -0.39 is 0 Å². The van der Waals surface area contributed by atoms with Crippen molar-refractivity contribution < 1.29 is 9.59 Å². The highest BCUT2D eigenvalue weighted by Gasteiger charge is 2.29. The van der Waals surface area contributed by atoms with E-state index >= 15 is 0 Å². The average molecular weight is 417 g/mol. The first kappa shape index (κ1) is 21.4. The highest BCUT2D eigenvalue weighted by molar-refractivity contribution is 6.30. The van der Waals surface area contributed by atoms with Gasteiger partial charge in [-0.3, -0.25) is 14.7 Å². The monoisotopic (exact) mass is 416 g/mol. The number of aryl methyl sites for hydroxylation is 2. The zero-order valence-corrected chi connectivity index (χ0v) is 18.1. The molecule has 1 fully saturated rings. The third kappa shape index (κ3) is 5.18. The van der Waals surface area contributed by atoms with E-state index in [1.165, 1.54) is 5.56 Å². The van der Waals surface area contributed by atoms with E-state index in [9.17, 15) is 9.59 Å². The van der Waals surface area contributed by atoms with Crippen molar-refractivity contribution in [1.82, 2.24) is 20.0 Å². The molecule has 0 atom stereocenters. The summed E-state index contributed by atoms with van der Waals surface area (Å²) in [7, 11) is 1.88. The fourth-order valence-corrected chi connectivity index (χ4v) is 4.09. The molecule has 1 aromatic carbocycles. The van der Waals surface area contributed by atoms with Crippen LogP contribution >= 0.6 is 11.6 Å². The minimum atomic E-state index is -0.00772. The fraction of sp³-hybridized carbons (Fsp3) is 0.500. The lowest BCUT2D eigenvalue weighted by molar-refractivity contribution is -0.135.